The summed E-state index contributed by atoms with van der Waals surface area (Å²) in [6.45, 7) is 1.54. The quantitative estimate of drug-likeness (QED) is 0.292. The van der Waals surface area contributed by atoms with Gasteiger partial charge in [-0.1, -0.05) is 24.9 Å². The summed E-state index contributed by atoms with van der Waals surface area (Å²) in [7, 11) is 0. The topological polar surface area (TPSA) is 128 Å². The lowest BCUT2D eigenvalue weighted by atomic mass is 10.2. The summed E-state index contributed by atoms with van der Waals surface area (Å²) in [5.41, 5.74) is -0.409. The molecule has 1 aromatic rings. The first kappa shape index (κ1) is 20.4. The number of rotatable bonds is 9. The highest BCUT2D eigenvalue weighted by Crippen LogP contribution is 2.20. The van der Waals surface area contributed by atoms with Crippen LogP contribution in [0.15, 0.2) is 18.2 Å². The molecule has 0 heterocycles. The van der Waals surface area contributed by atoms with Crippen molar-refractivity contribution in [1.82, 2.24) is 10.6 Å². The third-order valence-corrected chi connectivity index (χ3v) is 3.18. The predicted molar refractivity (Wildman–Crippen MR) is 89.3 cm³/mol. The van der Waals surface area contributed by atoms with Gasteiger partial charge in [0.05, 0.1) is 4.92 Å². The molecule has 25 heavy (non-hydrogen) atoms. The van der Waals surface area contributed by atoms with Gasteiger partial charge in [0.1, 0.15) is 6.54 Å². The average Bonchev–Trinajstić information content (AvgIpc) is 2.57. The van der Waals surface area contributed by atoms with E-state index in [2.05, 4.69) is 10.6 Å². The molecule has 2 N–H and O–H groups in total. The monoisotopic (exact) mass is 371 g/mol. The molecule has 0 aliphatic rings. The van der Waals surface area contributed by atoms with E-state index in [0.29, 0.717) is 6.54 Å². The first-order valence-corrected chi connectivity index (χ1v) is 7.86. The van der Waals surface area contributed by atoms with Gasteiger partial charge in [-0.25, -0.2) is 0 Å². The van der Waals surface area contributed by atoms with Crippen LogP contribution in [0.25, 0.3) is 0 Å². The van der Waals surface area contributed by atoms with Gasteiger partial charge in [-0.05, 0) is 12.5 Å². The van der Waals surface area contributed by atoms with Gasteiger partial charge in [-0.15, -0.1) is 0 Å². The molecule has 1 rings (SSSR count). The molecule has 0 unspecified atom stereocenters. The molecule has 0 aromatic heterocycles. The minimum atomic E-state index is -0.810. The molecular weight excluding hydrogens is 354 g/mol. The summed E-state index contributed by atoms with van der Waals surface area (Å²) >= 11 is 5.72. The van der Waals surface area contributed by atoms with E-state index >= 15 is 0 Å². The van der Waals surface area contributed by atoms with Crippen molar-refractivity contribution in [3.05, 3.63) is 38.9 Å². The van der Waals surface area contributed by atoms with Crippen LogP contribution < -0.4 is 10.6 Å². The normalized spacial score (nSPS) is 10.0. The minimum absolute atomic E-state index is 0.0191. The number of benzene rings is 1. The standard InChI is InChI=1S/C15H18ClN3O6/c1-2-3-4-17-13(20)9-25-14(21)8-18-15(22)10-5-11(16)7-12(6-10)19(23)24/h5-7H,2-4,8-9H2,1H3,(H,17,20)(H,18,22). The van der Waals surface area contributed by atoms with Gasteiger partial charge in [0, 0.05) is 29.3 Å². The van der Waals surface area contributed by atoms with Crippen molar-refractivity contribution in [3.8, 4) is 0 Å². The third kappa shape index (κ3) is 7.62. The number of hydrogen-bond acceptors (Lipinski definition) is 6. The van der Waals surface area contributed by atoms with Crippen LogP contribution in [0.4, 0.5) is 5.69 Å². The van der Waals surface area contributed by atoms with Crippen LogP contribution in [0.3, 0.4) is 0 Å². The summed E-state index contributed by atoms with van der Waals surface area (Å²) < 4.78 is 4.71. The van der Waals surface area contributed by atoms with Crippen molar-refractivity contribution in [2.75, 3.05) is 19.7 Å². The number of ether oxygens (including phenoxy) is 1. The molecule has 0 fully saturated rings. The molecular formula is C15H18ClN3O6. The van der Waals surface area contributed by atoms with Crippen LogP contribution >= 0.6 is 11.6 Å². The second-order valence-corrected chi connectivity index (χ2v) is 5.44. The van der Waals surface area contributed by atoms with E-state index in [1.54, 1.807) is 0 Å². The maximum Gasteiger partial charge on any atom is 0.325 e. The Kier molecular flexibility index (Phi) is 8.34. The fraction of sp³-hybridized carbons (Fsp3) is 0.400. The molecule has 2 amide bonds. The summed E-state index contributed by atoms with van der Waals surface area (Å²) in [4.78, 5) is 44.8. The first-order chi connectivity index (χ1) is 11.8. The number of carbonyl (C=O) groups is 3. The summed E-state index contributed by atoms with van der Waals surface area (Å²) in [5, 5.41) is 15.6. The highest BCUT2D eigenvalue weighted by atomic mass is 35.5. The number of nitrogens with one attached hydrogen (secondary N) is 2. The van der Waals surface area contributed by atoms with E-state index in [1.807, 2.05) is 6.92 Å². The molecule has 0 aliphatic heterocycles. The highest BCUT2D eigenvalue weighted by molar-refractivity contribution is 6.31. The number of nitrogens with zero attached hydrogens (tertiary/aromatic N) is 1. The Labute approximate surface area is 148 Å². The van der Waals surface area contributed by atoms with E-state index < -0.39 is 35.9 Å². The van der Waals surface area contributed by atoms with E-state index in [1.165, 1.54) is 6.07 Å². The zero-order valence-electron chi connectivity index (χ0n) is 13.5. The Bertz CT molecular complexity index is 665. The zero-order chi connectivity index (χ0) is 18.8. The lowest BCUT2D eigenvalue weighted by molar-refractivity contribution is -0.384. The molecule has 0 radical (unpaired) electrons. The molecule has 0 bridgehead atoms. The average molecular weight is 372 g/mol. The number of nitro groups is 1. The van der Waals surface area contributed by atoms with Gasteiger partial charge < -0.3 is 15.4 Å². The fourth-order valence-electron chi connectivity index (χ4n) is 1.72. The summed E-state index contributed by atoms with van der Waals surface area (Å²) in [6.07, 6.45) is 1.75. The number of carbonyl (C=O) groups excluding carboxylic acids is 3. The predicted octanol–water partition coefficient (Wildman–Crippen LogP) is 1.44. The Morgan fingerprint density at radius 3 is 2.60 bits per heavy atom. The molecule has 1 aromatic carbocycles. The second kappa shape index (κ2) is 10.2. The van der Waals surface area contributed by atoms with Crippen molar-refractivity contribution in [1.29, 1.82) is 0 Å². The number of nitro benzene ring substituents is 1. The summed E-state index contributed by atoms with van der Waals surface area (Å²) in [6, 6.07) is 3.37. The maximum atomic E-state index is 11.9. The molecule has 0 saturated carbocycles. The maximum absolute atomic E-state index is 11.9. The van der Waals surface area contributed by atoms with Crippen LogP contribution in [-0.2, 0) is 14.3 Å². The van der Waals surface area contributed by atoms with Gasteiger partial charge in [-0.3, -0.25) is 24.5 Å². The van der Waals surface area contributed by atoms with Crippen molar-refractivity contribution in [2.45, 2.75) is 19.8 Å². The Balaban J connectivity index is 2.44. The largest absolute Gasteiger partial charge is 0.454 e. The highest BCUT2D eigenvalue weighted by Gasteiger charge is 2.15. The first-order valence-electron chi connectivity index (χ1n) is 7.49. The van der Waals surface area contributed by atoms with E-state index in [0.717, 1.165) is 25.0 Å². The van der Waals surface area contributed by atoms with Crippen LogP contribution in [0.5, 0.6) is 0 Å². The minimum Gasteiger partial charge on any atom is -0.454 e. The van der Waals surface area contributed by atoms with E-state index in [-0.39, 0.29) is 16.3 Å². The lowest BCUT2D eigenvalue weighted by Crippen LogP contribution is -2.34. The van der Waals surface area contributed by atoms with Crippen molar-refractivity contribution in [2.24, 2.45) is 0 Å². The van der Waals surface area contributed by atoms with E-state index in [4.69, 9.17) is 16.3 Å². The number of halogens is 1. The third-order valence-electron chi connectivity index (χ3n) is 2.97. The molecule has 9 nitrogen and oxygen atoms in total. The smallest absolute Gasteiger partial charge is 0.325 e. The molecule has 0 saturated heterocycles. The number of hydrogen-bond donors (Lipinski definition) is 2. The van der Waals surface area contributed by atoms with Crippen molar-refractivity contribution < 1.29 is 24.0 Å². The van der Waals surface area contributed by atoms with Gasteiger partial charge in [0.25, 0.3) is 17.5 Å². The number of non-ortho nitro benzene ring substituents is 1. The summed E-state index contributed by atoms with van der Waals surface area (Å²) in [5.74, 6) is -1.97. The fourth-order valence-corrected chi connectivity index (χ4v) is 1.95. The van der Waals surface area contributed by atoms with Crippen LogP contribution in [0.1, 0.15) is 30.1 Å². The molecule has 0 atom stereocenters. The van der Waals surface area contributed by atoms with Gasteiger partial charge in [-0.2, -0.15) is 0 Å². The molecule has 0 aliphatic carbocycles. The Hall–Kier alpha value is -2.68. The second-order valence-electron chi connectivity index (χ2n) is 5.00. The van der Waals surface area contributed by atoms with Gasteiger partial charge in [0.15, 0.2) is 6.61 Å². The molecule has 10 heteroatoms. The van der Waals surface area contributed by atoms with Crippen molar-refractivity contribution >= 4 is 35.1 Å². The molecule has 0 spiro atoms. The zero-order valence-corrected chi connectivity index (χ0v) is 14.3. The Morgan fingerprint density at radius 2 is 1.96 bits per heavy atom. The molecule has 136 valence electrons. The Morgan fingerprint density at radius 1 is 1.24 bits per heavy atom. The van der Waals surface area contributed by atoms with Crippen LogP contribution in [0, 0.1) is 10.1 Å². The van der Waals surface area contributed by atoms with Crippen LogP contribution in [0.2, 0.25) is 5.02 Å². The van der Waals surface area contributed by atoms with Crippen molar-refractivity contribution in [3.63, 3.8) is 0 Å². The number of unbranched alkanes of at least 4 members (excludes halogenated alkanes) is 1. The van der Waals surface area contributed by atoms with Crippen LogP contribution in [-0.4, -0.2) is 42.4 Å². The SMILES string of the molecule is CCCCNC(=O)COC(=O)CNC(=O)c1cc(Cl)cc([N+](=O)[O-])c1. The van der Waals surface area contributed by atoms with Gasteiger partial charge in [0.2, 0.25) is 0 Å². The van der Waals surface area contributed by atoms with E-state index in [9.17, 15) is 24.5 Å². The lowest BCUT2D eigenvalue weighted by Gasteiger charge is -2.07. The van der Waals surface area contributed by atoms with Gasteiger partial charge >= 0.3 is 5.97 Å². The number of esters is 1. The number of amides is 2.